The van der Waals surface area contributed by atoms with Gasteiger partial charge in [-0.3, -0.25) is 0 Å². The number of halogens is 1. The van der Waals surface area contributed by atoms with Crippen molar-refractivity contribution in [1.82, 2.24) is 0 Å². The third-order valence-corrected chi connectivity index (χ3v) is 4.10. The second kappa shape index (κ2) is 6.76. The Hall–Kier alpha value is -2.80. The Bertz CT molecular complexity index is 771. The van der Waals surface area contributed by atoms with Crippen LogP contribution in [0, 0.1) is 18.2 Å². The molecule has 1 saturated carbocycles. The summed E-state index contributed by atoms with van der Waals surface area (Å²) in [6, 6.07) is 12.6. The maximum absolute atomic E-state index is 14.1. The average Bonchev–Trinajstić information content (AvgIpc) is 3.07. The van der Waals surface area contributed by atoms with Crippen molar-refractivity contribution in [3.8, 4) is 23.8 Å². The van der Waals surface area contributed by atoms with Crippen molar-refractivity contribution in [2.45, 2.75) is 31.3 Å². The van der Waals surface area contributed by atoms with Crippen LogP contribution in [0.1, 0.15) is 36.0 Å². The lowest BCUT2D eigenvalue weighted by Crippen LogP contribution is -2.30. The minimum absolute atomic E-state index is 0.0163. The van der Waals surface area contributed by atoms with Crippen LogP contribution in [0.15, 0.2) is 48.5 Å². The maximum atomic E-state index is 14.1. The summed E-state index contributed by atoms with van der Waals surface area (Å²) in [6.07, 6.45) is 8.83. The van der Waals surface area contributed by atoms with Crippen LogP contribution in [0.2, 0.25) is 0 Å². The molecule has 0 aliphatic heterocycles. The number of esters is 1. The first-order valence-electron chi connectivity index (χ1n) is 7.85. The van der Waals surface area contributed by atoms with Gasteiger partial charge in [0.15, 0.2) is 17.2 Å². The first-order chi connectivity index (χ1) is 11.6. The van der Waals surface area contributed by atoms with Crippen LogP contribution < -0.4 is 9.47 Å². The van der Waals surface area contributed by atoms with E-state index in [1.54, 1.807) is 24.3 Å². The molecule has 122 valence electrons. The third-order valence-electron chi connectivity index (χ3n) is 4.10. The summed E-state index contributed by atoms with van der Waals surface area (Å²) in [5.41, 5.74) is -0.580. The van der Waals surface area contributed by atoms with E-state index in [0.29, 0.717) is 18.6 Å². The lowest BCUT2D eigenvalue weighted by atomic mass is 10.0. The number of terminal acetylenes is 1. The van der Waals surface area contributed by atoms with Gasteiger partial charge in [-0.15, -0.1) is 6.42 Å². The van der Waals surface area contributed by atoms with Gasteiger partial charge in [0, 0.05) is 0 Å². The molecule has 1 aliphatic carbocycles. The van der Waals surface area contributed by atoms with E-state index in [1.165, 1.54) is 18.2 Å². The van der Waals surface area contributed by atoms with Crippen molar-refractivity contribution in [2.75, 3.05) is 0 Å². The molecule has 0 atom stereocenters. The summed E-state index contributed by atoms with van der Waals surface area (Å²) >= 11 is 0. The van der Waals surface area contributed by atoms with E-state index < -0.39 is 17.4 Å². The summed E-state index contributed by atoms with van der Waals surface area (Å²) in [7, 11) is 0. The van der Waals surface area contributed by atoms with E-state index in [9.17, 15) is 9.18 Å². The van der Waals surface area contributed by atoms with Crippen molar-refractivity contribution in [1.29, 1.82) is 0 Å². The topological polar surface area (TPSA) is 35.5 Å². The predicted molar refractivity (Wildman–Crippen MR) is 88.5 cm³/mol. The fourth-order valence-electron chi connectivity index (χ4n) is 2.80. The molecule has 0 unspecified atom stereocenters. The molecule has 1 fully saturated rings. The number of para-hydroxylation sites is 1. The second-order valence-corrected chi connectivity index (χ2v) is 5.80. The zero-order valence-corrected chi connectivity index (χ0v) is 13.1. The normalized spacial score (nSPS) is 15.5. The number of hydrogen-bond donors (Lipinski definition) is 0. The van der Waals surface area contributed by atoms with Crippen molar-refractivity contribution >= 4 is 5.97 Å². The van der Waals surface area contributed by atoms with Crippen molar-refractivity contribution in [3.63, 3.8) is 0 Å². The number of carbonyl (C=O) groups is 1. The summed E-state index contributed by atoms with van der Waals surface area (Å²) in [6.45, 7) is 0. The minimum atomic E-state index is -0.789. The van der Waals surface area contributed by atoms with E-state index in [-0.39, 0.29) is 11.3 Å². The molecule has 0 amide bonds. The van der Waals surface area contributed by atoms with Crippen LogP contribution in [0.25, 0.3) is 0 Å². The van der Waals surface area contributed by atoms with Crippen molar-refractivity contribution < 1.29 is 18.7 Å². The van der Waals surface area contributed by atoms with Crippen LogP contribution in [-0.4, -0.2) is 11.6 Å². The molecule has 1 aliphatic rings. The van der Waals surface area contributed by atoms with Gasteiger partial charge in [0.2, 0.25) is 0 Å². The monoisotopic (exact) mass is 324 g/mol. The molecule has 3 rings (SSSR count). The summed E-state index contributed by atoms with van der Waals surface area (Å²) in [5.74, 6) is 1.92. The fourth-order valence-corrected chi connectivity index (χ4v) is 2.80. The highest BCUT2D eigenvalue weighted by Gasteiger charge is 2.35. The molecular formula is C20H17FO3. The summed E-state index contributed by atoms with van der Waals surface area (Å²) < 4.78 is 25.1. The van der Waals surface area contributed by atoms with Crippen LogP contribution in [0.3, 0.4) is 0 Å². The van der Waals surface area contributed by atoms with Crippen molar-refractivity contribution in [3.05, 3.63) is 59.9 Å². The van der Waals surface area contributed by atoms with Gasteiger partial charge in [0.1, 0.15) is 5.75 Å². The number of hydrogen-bond acceptors (Lipinski definition) is 3. The predicted octanol–water partition coefficient (Wildman–Crippen LogP) is 4.37. The zero-order chi connectivity index (χ0) is 17.0. The molecule has 2 aromatic rings. The molecular weight excluding hydrogens is 307 g/mol. The van der Waals surface area contributed by atoms with E-state index in [0.717, 1.165) is 12.8 Å². The Kier molecular flexibility index (Phi) is 4.52. The first kappa shape index (κ1) is 16.1. The number of ether oxygens (including phenoxy) is 2. The summed E-state index contributed by atoms with van der Waals surface area (Å²) in [5, 5.41) is 0. The smallest absolute Gasteiger partial charge is 0.343 e. The maximum Gasteiger partial charge on any atom is 0.343 e. The standard InChI is InChI=1S/C20H17FO3/c1-2-20(12-6-7-13-20)24-18-14-15(10-11-17(18)21)19(22)23-16-8-4-3-5-9-16/h1,3-5,8-11,14H,6-7,12-13H2. The van der Waals surface area contributed by atoms with E-state index >= 15 is 0 Å². The largest absolute Gasteiger partial charge is 0.472 e. The SMILES string of the molecule is C#CC1(Oc2cc(C(=O)Oc3ccccc3)ccc2F)CCCC1. The fraction of sp³-hybridized carbons (Fsp3) is 0.250. The van der Waals surface area contributed by atoms with Gasteiger partial charge >= 0.3 is 5.97 Å². The molecule has 0 radical (unpaired) electrons. The molecule has 0 spiro atoms. The van der Waals surface area contributed by atoms with Gasteiger partial charge in [-0.25, -0.2) is 9.18 Å². The van der Waals surface area contributed by atoms with Crippen LogP contribution in [0.4, 0.5) is 4.39 Å². The Labute approximate surface area is 140 Å². The third kappa shape index (κ3) is 3.41. The van der Waals surface area contributed by atoms with E-state index in [2.05, 4.69) is 5.92 Å². The molecule has 0 heterocycles. The van der Waals surface area contributed by atoms with Gasteiger partial charge in [0.05, 0.1) is 5.56 Å². The minimum Gasteiger partial charge on any atom is -0.472 e. The molecule has 0 N–H and O–H groups in total. The molecule has 2 aromatic carbocycles. The highest BCUT2D eigenvalue weighted by Crippen LogP contribution is 2.35. The van der Waals surface area contributed by atoms with E-state index in [4.69, 9.17) is 15.9 Å². The second-order valence-electron chi connectivity index (χ2n) is 5.80. The van der Waals surface area contributed by atoms with E-state index in [1.807, 2.05) is 6.07 Å². The lowest BCUT2D eigenvalue weighted by Gasteiger charge is -2.24. The van der Waals surface area contributed by atoms with Crippen LogP contribution in [-0.2, 0) is 0 Å². The molecule has 0 aromatic heterocycles. The average molecular weight is 324 g/mol. The molecule has 0 saturated heterocycles. The van der Waals surface area contributed by atoms with Gasteiger partial charge in [-0.05, 0) is 56.0 Å². The van der Waals surface area contributed by atoms with Gasteiger partial charge < -0.3 is 9.47 Å². The highest BCUT2D eigenvalue weighted by atomic mass is 19.1. The first-order valence-corrected chi connectivity index (χ1v) is 7.85. The molecule has 4 heteroatoms. The Morgan fingerprint density at radius 3 is 2.50 bits per heavy atom. The summed E-state index contributed by atoms with van der Waals surface area (Å²) in [4.78, 5) is 12.2. The number of carbonyl (C=O) groups excluding carboxylic acids is 1. The molecule has 0 bridgehead atoms. The molecule has 3 nitrogen and oxygen atoms in total. The van der Waals surface area contributed by atoms with Crippen molar-refractivity contribution in [2.24, 2.45) is 0 Å². The number of rotatable bonds is 4. The zero-order valence-electron chi connectivity index (χ0n) is 13.1. The Morgan fingerprint density at radius 1 is 1.12 bits per heavy atom. The quantitative estimate of drug-likeness (QED) is 0.476. The Balaban J connectivity index is 1.81. The van der Waals surface area contributed by atoms with Crippen LogP contribution in [0.5, 0.6) is 11.5 Å². The van der Waals surface area contributed by atoms with Gasteiger partial charge in [-0.2, -0.15) is 0 Å². The molecule has 24 heavy (non-hydrogen) atoms. The number of benzene rings is 2. The van der Waals surface area contributed by atoms with Gasteiger partial charge in [0.25, 0.3) is 0 Å². The van der Waals surface area contributed by atoms with Crippen LogP contribution >= 0.6 is 0 Å². The van der Waals surface area contributed by atoms with Gasteiger partial charge in [-0.1, -0.05) is 24.1 Å². The highest BCUT2D eigenvalue weighted by molar-refractivity contribution is 5.91. The Morgan fingerprint density at radius 2 is 1.83 bits per heavy atom. The lowest BCUT2D eigenvalue weighted by molar-refractivity contribution is 0.0732.